The molecule has 0 aliphatic heterocycles. The summed E-state index contributed by atoms with van der Waals surface area (Å²) in [5.41, 5.74) is 2.49. The highest BCUT2D eigenvalue weighted by Gasteiger charge is 2.16. The summed E-state index contributed by atoms with van der Waals surface area (Å²) in [4.78, 5) is 9.57. The molecular formula is C19H21ClN6. The molecule has 4 rings (SSSR count). The van der Waals surface area contributed by atoms with E-state index in [0.29, 0.717) is 10.8 Å². The van der Waals surface area contributed by atoms with Gasteiger partial charge in [0, 0.05) is 29.7 Å². The molecule has 134 valence electrons. The van der Waals surface area contributed by atoms with Crippen molar-refractivity contribution in [3.8, 4) is 11.4 Å². The van der Waals surface area contributed by atoms with Gasteiger partial charge in [0.15, 0.2) is 17.1 Å². The zero-order valence-corrected chi connectivity index (χ0v) is 15.7. The van der Waals surface area contributed by atoms with Crippen LogP contribution in [0.1, 0.15) is 38.9 Å². The van der Waals surface area contributed by atoms with Crippen molar-refractivity contribution in [1.29, 1.82) is 0 Å². The lowest BCUT2D eigenvalue weighted by atomic mass is 10.2. The minimum Gasteiger partial charge on any atom is -0.270 e. The molecule has 0 saturated carbocycles. The summed E-state index contributed by atoms with van der Waals surface area (Å²) < 4.78 is 3.82. The molecule has 3 heterocycles. The van der Waals surface area contributed by atoms with E-state index in [9.17, 15) is 0 Å². The van der Waals surface area contributed by atoms with Crippen LogP contribution >= 0.6 is 11.6 Å². The fourth-order valence-corrected chi connectivity index (χ4v) is 3.18. The molecule has 0 atom stereocenters. The van der Waals surface area contributed by atoms with E-state index >= 15 is 0 Å². The van der Waals surface area contributed by atoms with Crippen LogP contribution in [0.3, 0.4) is 0 Å². The number of halogens is 1. The third kappa shape index (κ3) is 3.05. The van der Waals surface area contributed by atoms with Crippen molar-refractivity contribution < 1.29 is 0 Å². The molecule has 0 N–H and O–H groups in total. The molecule has 0 fully saturated rings. The molecule has 0 spiro atoms. The normalized spacial score (nSPS) is 11.7. The van der Waals surface area contributed by atoms with Crippen LogP contribution in [0.25, 0.3) is 28.1 Å². The van der Waals surface area contributed by atoms with Crippen LogP contribution in [0, 0.1) is 0 Å². The number of hydrogen-bond acceptors (Lipinski definition) is 4. The number of rotatable bonds is 6. The standard InChI is InChI=1S/C19H21ClN6/c1-3-5-6-16-21-18-15(12-25(23-18)11-4-2)19-22-17(24-26(16)19)13-7-9-14(20)10-8-13/h7-10,12H,3-6,11H2,1-2H3. The van der Waals surface area contributed by atoms with Gasteiger partial charge in [0.25, 0.3) is 0 Å². The minimum atomic E-state index is 0.678. The summed E-state index contributed by atoms with van der Waals surface area (Å²) in [5, 5.41) is 11.0. The van der Waals surface area contributed by atoms with Crippen molar-refractivity contribution in [3.63, 3.8) is 0 Å². The van der Waals surface area contributed by atoms with Gasteiger partial charge < -0.3 is 0 Å². The van der Waals surface area contributed by atoms with Gasteiger partial charge in [-0.05, 0) is 37.1 Å². The van der Waals surface area contributed by atoms with Crippen LogP contribution in [0.5, 0.6) is 0 Å². The van der Waals surface area contributed by atoms with Gasteiger partial charge in [0.2, 0.25) is 0 Å². The molecule has 6 nitrogen and oxygen atoms in total. The molecule has 0 aliphatic carbocycles. The van der Waals surface area contributed by atoms with Gasteiger partial charge >= 0.3 is 0 Å². The van der Waals surface area contributed by atoms with Crippen molar-refractivity contribution >= 4 is 28.3 Å². The third-order valence-electron chi connectivity index (χ3n) is 4.38. The van der Waals surface area contributed by atoms with Crippen molar-refractivity contribution in [2.75, 3.05) is 0 Å². The summed E-state index contributed by atoms with van der Waals surface area (Å²) in [6, 6.07) is 7.59. The second-order valence-corrected chi connectivity index (χ2v) is 6.88. The molecule has 0 radical (unpaired) electrons. The van der Waals surface area contributed by atoms with E-state index in [-0.39, 0.29) is 0 Å². The van der Waals surface area contributed by atoms with E-state index < -0.39 is 0 Å². The third-order valence-corrected chi connectivity index (χ3v) is 4.63. The molecule has 0 amide bonds. The number of nitrogens with zero attached hydrogens (tertiary/aromatic N) is 6. The van der Waals surface area contributed by atoms with E-state index in [1.807, 2.05) is 39.7 Å². The van der Waals surface area contributed by atoms with Crippen molar-refractivity contribution in [3.05, 3.63) is 41.3 Å². The maximum absolute atomic E-state index is 6.00. The number of aryl methyl sites for hydroxylation is 2. The monoisotopic (exact) mass is 368 g/mol. The average molecular weight is 369 g/mol. The Morgan fingerprint density at radius 1 is 1.00 bits per heavy atom. The topological polar surface area (TPSA) is 60.9 Å². The van der Waals surface area contributed by atoms with Gasteiger partial charge in [0.05, 0.1) is 5.39 Å². The first kappa shape index (κ1) is 17.0. The molecule has 0 saturated heterocycles. The van der Waals surface area contributed by atoms with E-state index in [2.05, 4.69) is 18.9 Å². The molecule has 4 aromatic rings. The van der Waals surface area contributed by atoms with E-state index in [4.69, 9.17) is 26.7 Å². The molecule has 1 aromatic carbocycles. The predicted octanol–water partition coefficient (Wildman–Crippen LogP) is 4.55. The second-order valence-electron chi connectivity index (χ2n) is 6.44. The first-order chi connectivity index (χ1) is 12.7. The molecule has 0 aliphatic rings. The van der Waals surface area contributed by atoms with Gasteiger partial charge in [-0.15, -0.1) is 5.10 Å². The highest BCUT2D eigenvalue weighted by atomic mass is 35.5. The van der Waals surface area contributed by atoms with Crippen LogP contribution in [0.4, 0.5) is 0 Å². The lowest BCUT2D eigenvalue weighted by Crippen LogP contribution is -2.03. The van der Waals surface area contributed by atoms with Gasteiger partial charge in [-0.1, -0.05) is 31.9 Å². The Hall–Kier alpha value is -2.47. The minimum absolute atomic E-state index is 0.678. The van der Waals surface area contributed by atoms with Crippen LogP contribution in [-0.4, -0.2) is 29.4 Å². The number of fused-ring (bicyclic) bond motifs is 3. The summed E-state index contributed by atoms with van der Waals surface area (Å²) in [6.45, 7) is 5.18. The largest absolute Gasteiger partial charge is 0.270 e. The maximum atomic E-state index is 6.00. The van der Waals surface area contributed by atoms with Gasteiger partial charge in [-0.2, -0.15) is 9.61 Å². The zero-order valence-electron chi connectivity index (χ0n) is 15.0. The number of aromatic nitrogens is 6. The molecule has 26 heavy (non-hydrogen) atoms. The number of unbranched alkanes of at least 4 members (excludes halogenated alkanes) is 1. The summed E-state index contributed by atoms with van der Waals surface area (Å²) in [7, 11) is 0. The fourth-order valence-electron chi connectivity index (χ4n) is 3.05. The summed E-state index contributed by atoms with van der Waals surface area (Å²) >= 11 is 6.00. The molecule has 3 aromatic heterocycles. The Morgan fingerprint density at radius 3 is 2.54 bits per heavy atom. The zero-order chi connectivity index (χ0) is 18.1. The Bertz CT molecular complexity index is 1050. The van der Waals surface area contributed by atoms with E-state index in [1.54, 1.807) is 0 Å². The first-order valence-corrected chi connectivity index (χ1v) is 9.46. The molecular weight excluding hydrogens is 348 g/mol. The smallest absolute Gasteiger partial charge is 0.186 e. The first-order valence-electron chi connectivity index (χ1n) is 9.08. The Balaban J connectivity index is 1.91. The van der Waals surface area contributed by atoms with Crippen molar-refractivity contribution in [1.82, 2.24) is 29.4 Å². The van der Waals surface area contributed by atoms with Crippen LogP contribution in [0.2, 0.25) is 5.02 Å². The second kappa shape index (κ2) is 7.03. The quantitative estimate of drug-likeness (QED) is 0.501. The van der Waals surface area contributed by atoms with Gasteiger partial charge in [-0.25, -0.2) is 9.97 Å². The highest BCUT2D eigenvalue weighted by Crippen LogP contribution is 2.23. The Kier molecular flexibility index (Phi) is 4.59. The van der Waals surface area contributed by atoms with Crippen molar-refractivity contribution in [2.24, 2.45) is 0 Å². The van der Waals surface area contributed by atoms with E-state index in [1.165, 1.54) is 0 Å². The highest BCUT2D eigenvalue weighted by molar-refractivity contribution is 6.30. The van der Waals surface area contributed by atoms with Crippen LogP contribution < -0.4 is 0 Å². The molecule has 0 unspecified atom stereocenters. The van der Waals surface area contributed by atoms with Gasteiger partial charge in [0.1, 0.15) is 5.82 Å². The summed E-state index contributed by atoms with van der Waals surface area (Å²) in [5.74, 6) is 1.58. The lowest BCUT2D eigenvalue weighted by molar-refractivity contribution is 0.606. The molecule has 7 heteroatoms. The predicted molar refractivity (Wildman–Crippen MR) is 103 cm³/mol. The van der Waals surface area contributed by atoms with Crippen molar-refractivity contribution in [2.45, 2.75) is 46.1 Å². The Labute approximate surface area is 156 Å². The Morgan fingerprint density at radius 2 is 1.81 bits per heavy atom. The van der Waals surface area contributed by atoms with Crippen LogP contribution in [0.15, 0.2) is 30.5 Å². The van der Waals surface area contributed by atoms with E-state index in [0.717, 1.165) is 60.3 Å². The van der Waals surface area contributed by atoms with Crippen LogP contribution in [-0.2, 0) is 13.0 Å². The number of hydrogen-bond donors (Lipinski definition) is 0. The lowest BCUT2D eigenvalue weighted by Gasteiger charge is -2.02. The number of benzene rings is 1. The fraction of sp³-hybridized carbons (Fsp3) is 0.368. The summed E-state index contributed by atoms with van der Waals surface area (Å²) in [6.07, 6.45) is 6.05. The molecule has 0 bridgehead atoms. The average Bonchev–Trinajstić information content (AvgIpc) is 3.24. The SMILES string of the molecule is CCCCc1nc2nn(CCC)cc2c2nc(-c3ccc(Cl)cc3)nn12. The maximum Gasteiger partial charge on any atom is 0.186 e. The van der Waals surface area contributed by atoms with Gasteiger partial charge in [-0.3, -0.25) is 4.68 Å².